The summed E-state index contributed by atoms with van der Waals surface area (Å²) in [5.74, 6) is -0.0163. The predicted molar refractivity (Wildman–Crippen MR) is 95.9 cm³/mol. The Balaban J connectivity index is 2.30. The number of halogens is 1. The van der Waals surface area contributed by atoms with Gasteiger partial charge in [-0.15, -0.1) is 0 Å². The molecule has 130 valence electrons. The summed E-state index contributed by atoms with van der Waals surface area (Å²) < 4.78 is 1.77. The number of amides is 1. The lowest BCUT2D eigenvalue weighted by Crippen LogP contribution is -2.33. The van der Waals surface area contributed by atoms with Crippen LogP contribution in [0.2, 0.25) is 5.02 Å². The number of carbonyl (C=O) groups is 1. The number of rotatable bonds is 7. The minimum Gasteiger partial charge on any atom is -0.396 e. The molecule has 24 heavy (non-hydrogen) atoms. The Morgan fingerprint density at radius 3 is 2.75 bits per heavy atom. The van der Waals surface area contributed by atoms with Crippen molar-refractivity contribution in [3.63, 3.8) is 0 Å². The molecule has 0 aliphatic rings. The first-order valence-electron chi connectivity index (χ1n) is 8.19. The maximum Gasteiger partial charge on any atom is 0.254 e. The van der Waals surface area contributed by atoms with E-state index in [0.29, 0.717) is 17.0 Å². The molecule has 0 spiro atoms. The zero-order valence-corrected chi connectivity index (χ0v) is 15.0. The summed E-state index contributed by atoms with van der Waals surface area (Å²) in [5.41, 5.74) is 2.25. The second kappa shape index (κ2) is 8.31. The van der Waals surface area contributed by atoms with Crippen molar-refractivity contribution in [3.8, 4) is 5.69 Å². The molecule has 1 heterocycles. The molecular weight excluding hydrogens is 326 g/mol. The number of aliphatic hydroxyl groups is 1. The predicted octanol–water partition coefficient (Wildman–Crippen LogP) is 3.54. The second-order valence-electron chi connectivity index (χ2n) is 6.23. The van der Waals surface area contributed by atoms with Crippen LogP contribution in [0.1, 0.15) is 55.6 Å². The highest BCUT2D eigenvalue weighted by Crippen LogP contribution is 2.24. The molecule has 0 saturated carbocycles. The fourth-order valence-corrected chi connectivity index (χ4v) is 2.86. The maximum atomic E-state index is 12.6. The van der Waals surface area contributed by atoms with Gasteiger partial charge in [0.2, 0.25) is 0 Å². The second-order valence-corrected chi connectivity index (χ2v) is 6.67. The van der Waals surface area contributed by atoms with Gasteiger partial charge in [-0.3, -0.25) is 4.79 Å². The van der Waals surface area contributed by atoms with Crippen molar-refractivity contribution < 1.29 is 9.90 Å². The summed E-state index contributed by atoms with van der Waals surface area (Å²) in [6.45, 7) is 6.13. The molecule has 0 aliphatic carbocycles. The van der Waals surface area contributed by atoms with Crippen LogP contribution in [0.3, 0.4) is 0 Å². The van der Waals surface area contributed by atoms with E-state index in [0.717, 1.165) is 17.8 Å². The lowest BCUT2D eigenvalue weighted by atomic mass is 10.0. The molecule has 2 rings (SSSR count). The van der Waals surface area contributed by atoms with Gasteiger partial charge in [0.05, 0.1) is 23.1 Å². The number of hydrogen-bond acceptors (Lipinski definition) is 3. The fourth-order valence-electron chi connectivity index (χ4n) is 2.67. The molecule has 5 nitrogen and oxygen atoms in total. The number of aliphatic hydroxyl groups excluding tert-OH is 1. The minimum atomic E-state index is -0.141. The van der Waals surface area contributed by atoms with E-state index in [1.807, 2.05) is 39.0 Å². The van der Waals surface area contributed by atoms with Gasteiger partial charge in [0, 0.05) is 17.7 Å². The van der Waals surface area contributed by atoms with Gasteiger partial charge < -0.3 is 10.4 Å². The largest absolute Gasteiger partial charge is 0.396 e. The normalized spacial score (nSPS) is 12.4. The molecule has 6 heteroatoms. The van der Waals surface area contributed by atoms with Crippen molar-refractivity contribution in [1.29, 1.82) is 0 Å². The zero-order valence-electron chi connectivity index (χ0n) is 14.3. The molecule has 1 aromatic carbocycles. The highest BCUT2D eigenvalue weighted by molar-refractivity contribution is 6.30. The van der Waals surface area contributed by atoms with Gasteiger partial charge >= 0.3 is 0 Å². The van der Waals surface area contributed by atoms with E-state index in [1.165, 1.54) is 0 Å². The number of benzene rings is 1. The van der Waals surface area contributed by atoms with Crippen LogP contribution in [-0.4, -0.2) is 33.4 Å². The summed E-state index contributed by atoms with van der Waals surface area (Å²) in [7, 11) is 0. The summed E-state index contributed by atoms with van der Waals surface area (Å²) >= 11 is 6.07. The monoisotopic (exact) mass is 349 g/mol. The van der Waals surface area contributed by atoms with E-state index in [-0.39, 0.29) is 24.5 Å². The first kappa shape index (κ1) is 18.5. The molecule has 1 atom stereocenters. The molecule has 0 saturated heterocycles. The Kier molecular flexibility index (Phi) is 6.40. The fraction of sp³-hybridized carbons (Fsp3) is 0.444. The van der Waals surface area contributed by atoms with Gasteiger partial charge in [-0.1, -0.05) is 31.5 Å². The van der Waals surface area contributed by atoms with Crippen molar-refractivity contribution in [2.24, 2.45) is 0 Å². The van der Waals surface area contributed by atoms with Crippen LogP contribution in [0.4, 0.5) is 0 Å². The quantitative estimate of drug-likeness (QED) is 0.803. The van der Waals surface area contributed by atoms with E-state index in [9.17, 15) is 4.79 Å². The minimum absolute atomic E-state index is 0.000757. The topological polar surface area (TPSA) is 67.2 Å². The third kappa shape index (κ3) is 4.36. The van der Waals surface area contributed by atoms with Crippen LogP contribution in [0.5, 0.6) is 0 Å². The number of carbonyl (C=O) groups excluding carboxylic acids is 1. The summed E-state index contributed by atoms with van der Waals surface area (Å²) in [5, 5.41) is 16.9. The van der Waals surface area contributed by atoms with Gasteiger partial charge in [0.25, 0.3) is 5.91 Å². The standard InChI is InChI=1S/C18H24ClN3O2/c1-12(2)17-16(18(24)21-13(3)6-5-9-23)11-20-22(17)15-8-4-7-14(19)10-15/h4,7-8,10-13,23H,5-6,9H2,1-3H3,(H,21,24). The zero-order chi connectivity index (χ0) is 17.7. The van der Waals surface area contributed by atoms with Gasteiger partial charge in [0.15, 0.2) is 0 Å². The number of hydrogen-bond donors (Lipinski definition) is 2. The van der Waals surface area contributed by atoms with Crippen LogP contribution >= 0.6 is 11.6 Å². The third-order valence-electron chi connectivity index (χ3n) is 3.82. The van der Waals surface area contributed by atoms with Gasteiger partial charge in [-0.2, -0.15) is 5.10 Å². The average Bonchev–Trinajstić information content (AvgIpc) is 2.98. The van der Waals surface area contributed by atoms with Crippen molar-refractivity contribution >= 4 is 17.5 Å². The van der Waals surface area contributed by atoms with Gasteiger partial charge in [-0.25, -0.2) is 4.68 Å². The van der Waals surface area contributed by atoms with Crippen molar-refractivity contribution in [3.05, 3.63) is 46.7 Å². The Hall–Kier alpha value is -1.85. The van der Waals surface area contributed by atoms with Crippen LogP contribution in [0.25, 0.3) is 5.69 Å². The molecule has 1 aromatic heterocycles. The highest BCUT2D eigenvalue weighted by atomic mass is 35.5. The first-order chi connectivity index (χ1) is 11.4. The Labute approximate surface area is 147 Å². The lowest BCUT2D eigenvalue weighted by molar-refractivity contribution is 0.0935. The third-order valence-corrected chi connectivity index (χ3v) is 4.06. The van der Waals surface area contributed by atoms with Crippen LogP contribution in [0.15, 0.2) is 30.5 Å². The first-order valence-corrected chi connectivity index (χ1v) is 8.57. The highest BCUT2D eigenvalue weighted by Gasteiger charge is 2.21. The molecular formula is C18H24ClN3O2. The average molecular weight is 350 g/mol. The van der Waals surface area contributed by atoms with Gasteiger partial charge in [0.1, 0.15) is 0 Å². The molecule has 0 bridgehead atoms. The SMILES string of the molecule is CC(CCCO)NC(=O)c1cnn(-c2cccc(Cl)c2)c1C(C)C. The Bertz CT molecular complexity index is 697. The van der Waals surface area contributed by atoms with Crippen molar-refractivity contribution in [2.45, 2.75) is 45.6 Å². The Morgan fingerprint density at radius 1 is 1.38 bits per heavy atom. The molecule has 2 N–H and O–H groups in total. The number of nitrogens with zero attached hydrogens (tertiary/aromatic N) is 2. The van der Waals surface area contributed by atoms with Crippen LogP contribution in [-0.2, 0) is 0 Å². The lowest BCUT2D eigenvalue weighted by Gasteiger charge is -2.16. The van der Waals surface area contributed by atoms with E-state index < -0.39 is 0 Å². The molecule has 1 unspecified atom stereocenters. The molecule has 1 amide bonds. The van der Waals surface area contributed by atoms with E-state index in [1.54, 1.807) is 16.9 Å². The smallest absolute Gasteiger partial charge is 0.254 e. The van der Waals surface area contributed by atoms with Gasteiger partial charge in [-0.05, 0) is 43.9 Å². The van der Waals surface area contributed by atoms with Crippen molar-refractivity contribution in [1.82, 2.24) is 15.1 Å². The number of aromatic nitrogens is 2. The molecule has 0 fully saturated rings. The van der Waals surface area contributed by atoms with Crippen molar-refractivity contribution in [2.75, 3.05) is 6.61 Å². The van der Waals surface area contributed by atoms with E-state index in [4.69, 9.17) is 16.7 Å². The summed E-state index contributed by atoms with van der Waals surface area (Å²) in [4.78, 5) is 12.6. The summed E-state index contributed by atoms with van der Waals surface area (Å²) in [6, 6.07) is 7.40. The van der Waals surface area contributed by atoms with Crippen LogP contribution in [0, 0.1) is 0 Å². The summed E-state index contributed by atoms with van der Waals surface area (Å²) in [6.07, 6.45) is 3.01. The molecule has 2 aromatic rings. The number of nitrogens with one attached hydrogen (secondary N) is 1. The molecule has 0 aliphatic heterocycles. The molecule has 0 radical (unpaired) electrons. The Morgan fingerprint density at radius 2 is 2.12 bits per heavy atom. The maximum absolute atomic E-state index is 12.6. The van der Waals surface area contributed by atoms with E-state index >= 15 is 0 Å². The van der Waals surface area contributed by atoms with Crippen LogP contribution < -0.4 is 5.32 Å². The van der Waals surface area contributed by atoms with E-state index in [2.05, 4.69) is 10.4 Å².